The molecule has 1 aliphatic carbocycles. The van der Waals surface area contributed by atoms with E-state index < -0.39 is 0 Å². The SMILES string of the molecule is CCNCC1(Cc2cc(F)ccc2C)CCCCC1. The van der Waals surface area contributed by atoms with E-state index in [1.165, 1.54) is 43.2 Å². The molecular weight excluding hydrogens is 237 g/mol. The molecular formula is C17H26FN. The molecule has 106 valence electrons. The molecule has 19 heavy (non-hydrogen) atoms. The van der Waals surface area contributed by atoms with Gasteiger partial charge >= 0.3 is 0 Å². The van der Waals surface area contributed by atoms with E-state index in [4.69, 9.17) is 0 Å². The van der Waals surface area contributed by atoms with Crippen LogP contribution in [-0.2, 0) is 6.42 Å². The Balaban J connectivity index is 2.16. The molecule has 1 nitrogen and oxygen atoms in total. The lowest BCUT2D eigenvalue weighted by Crippen LogP contribution is -2.38. The van der Waals surface area contributed by atoms with Crippen LogP contribution < -0.4 is 5.32 Å². The fraction of sp³-hybridized carbons (Fsp3) is 0.647. The molecule has 0 aromatic heterocycles. The Morgan fingerprint density at radius 2 is 1.95 bits per heavy atom. The topological polar surface area (TPSA) is 12.0 Å². The third kappa shape index (κ3) is 3.79. The number of halogens is 1. The molecule has 2 heteroatoms. The summed E-state index contributed by atoms with van der Waals surface area (Å²) in [5.74, 6) is -0.102. The first-order valence-electron chi connectivity index (χ1n) is 7.61. The second kappa shape index (κ2) is 6.51. The number of nitrogens with one attached hydrogen (secondary N) is 1. The Bertz CT molecular complexity index is 408. The maximum atomic E-state index is 13.5. The van der Waals surface area contributed by atoms with Gasteiger partial charge in [0.15, 0.2) is 0 Å². The van der Waals surface area contributed by atoms with E-state index in [0.717, 1.165) is 19.5 Å². The minimum Gasteiger partial charge on any atom is -0.316 e. The number of rotatable bonds is 5. The van der Waals surface area contributed by atoms with E-state index in [0.29, 0.717) is 5.41 Å². The van der Waals surface area contributed by atoms with Crippen molar-refractivity contribution in [2.45, 2.75) is 52.4 Å². The zero-order valence-corrected chi connectivity index (χ0v) is 12.3. The first-order valence-corrected chi connectivity index (χ1v) is 7.61. The molecule has 1 aromatic carbocycles. The van der Waals surface area contributed by atoms with Crippen molar-refractivity contribution >= 4 is 0 Å². The third-order valence-corrected chi connectivity index (χ3v) is 4.54. The average Bonchev–Trinajstić information content (AvgIpc) is 2.42. The summed E-state index contributed by atoms with van der Waals surface area (Å²) >= 11 is 0. The summed E-state index contributed by atoms with van der Waals surface area (Å²) in [4.78, 5) is 0. The van der Waals surface area contributed by atoms with Crippen LogP contribution >= 0.6 is 0 Å². The van der Waals surface area contributed by atoms with Gasteiger partial charge in [0.1, 0.15) is 5.82 Å². The summed E-state index contributed by atoms with van der Waals surface area (Å²) in [5.41, 5.74) is 2.76. The molecule has 0 saturated heterocycles. The molecule has 0 amide bonds. The van der Waals surface area contributed by atoms with Crippen molar-refractivity contribution < 1.29 is 4.39 Å². The highest BCUT2D eigenvalue weighted by Crippen LogP contribution is 2.39. The van der Waals surface area contributed by atoms with Gasteiger partial charge in [-0.3, -0.25) is 0 Å². The van der Waals surface area contributed by atoms with Crippen molar-refractivity contribution in [2.75, 3.05) is 13.1 Å². The van der Waals surface area contributed by atoms with E-state index in [9.17, 15) is 4.39 Å². The molecule has 1 N–H and O–H groups in total. The fourth-order valence-corrected chi connectivity index (χ4v) is 3.34. The van der Waals surface area contributed by atoms with Crippen molar-refractivity contribution in [2.24, 2.45) is 5.41 Å². The third-order valence-electron chi connectivity index (χ3n) is 4.54. The molecule has 0 aliphatic heterocycles. The maximum absolute atomic E-state index is 13.5. The van der Waals surface area contributed by atoms with Crippen LogP contribution in [0.1, 0.15) is 50.2 Å². The first-order chi connectivity index (χ1) is 9.15. The van der Waals surface area contributed by atoms with E-state index in [1.807, 2.05) is 6.07 Å². The average molecular weight is 263 g/mol. The van der Waals surface area contributed by atoms with Gasteiger partial charge in [-0.2, -0.15) is 0 Å². The van der Waals surface area contributed by atoms with Crippen molar-refractivity contribution in [1.29, 1.82) is 0 Å². The second-order valence-corrected chi connectivity index (χ2v) is 6.09. The maximum Gasteiger partial charge on any atom is 0.123 e. The highest BCUT2D eigenvalue weighted by molar-refractivity contribution is 5.28. The molecule has 0 spiro atoms. The molecule has 1 fully saturated rings. The number of hydrogen-bond donors (Lipinski definition) is 1. The standard InChI is InChI=1S/C17H26FN/c1-3-19-13-17(9-5-4-6-10-17)12-15-11-16(18)8-7-14(15)2/h7-8,11,19H,3-6,9-10,12-13H2,1-2H3. The Morgan fingerprint density at radius 1 is 1.21 bits per heavy atom. The van der Waals surface area contributed by atoms with Crippen LogP contribution in [0.2, 0.25) is 0 Å². The van der Waals surface area contributed by atoms with Gasteiger partial charge in [0.25, 0.3) is 0 Å². The predicted molar refractivity (Wildman–Crippen MR) is 78.9 cm³/mol. The van der Waals surface area contributed by atoms with Crippen molar-refractivity contribution in [3.05, 3.63) is 35.1 Å². The van der Waals surface area contributed by atoms with Gasteiger partial charge in [0.05, 0.1) is 0 Å². The van der Waals surface area contributed by atoms with Gasteiger partial charge < -0.3 is 5.32 Å². The minimum absolute atomic E-state index is 0.102. The molecule has 0 heterocycles. The predicted octanol–water partition coefficient (Wildman–Crippen LogP) is 4.24. The Morgan fingerprint density at radius 3 is 2.63 bits per heavy atom. The number of benzene rings is 1. The number of aryl methyl sites for hydroxylation is 1. The van der Waals surface area contributed by atoms with Crippen LogP contribution in [0, 0.1) is 18.2 Å². The minimum atomic E-state index is -0.102. The second-order valence-electron chi connectivity index (χ2n) is 6.09. The van der Waals surface area contributed by atoms with Crippen LogP contribution in [0.5, 0.6) is 0 Å². The molecule has 1 aromatic rings. The monoisotopic (exact) mass is 263 g/mol. The lowest BCUT2D eigenvalue weighted by atomic mass is 9.70. The van der Waals surface area contributed by atoms with Gasteiger partial charge in [0, 0.05) is 6.54 Å². The Labute approximate surface area is 116 Å². The molecule has 0 bridgehead atoms. The highest BCUT2D eigenvalue weighted by Gasteiger charge is 2.32. The van der Waals surface area contributed by atoms with Crippen LogP contribution in [0.25, 0.3) is 0 Å². The summed E-state index contributed by atoms with van der Waals surface area (Å²) in [7, 11) is 0. The van der Waals surface area contributed by atoms with Gasteiger partial charge in [0.2, 0.25) is 0 Å². The number of hydrogen-bond acceptors (Lipinski definition) is 1. The van der Waals surface area contributed by atoms with E-state index in [-0.39, 0.29) is 5.82 Å². The normalized spacial score (nSPS) is 18.5. The largest absolute Gasteiger partial charge is 0.316 e. The van der Waals surface area contributed by atoms with Gasteiger partial charge in [-0.15, -0.1) is 0 Å². The Hall–Kier alpha value is -0.890. The zero-order chi connectivity index (χ0) is 13.7. The van der Waals surface area contributed by atoms with E-state index in [1.54, 1.807) is 12.1 Å². The summed E-state index contributed by atoms with van der Waals surface area (Å²) in [6, 6.07) is 5.21. The lowest BCUT2D eigenvalue weighted by molar-refractivity contribution is 0.181. The van der Waals surface area contributed by atoms with Crippen LogP contribution in [0.3, 0.4) is 0 Å². The summed E-state index contributed by atoms with van der Waals surface area (Å²) < 4.78 is 13.5. The van der Waals surface area contributed by atoms with Gasteiger partial charge in [-0.1, -0.05) is 32.3 Å². The molecule has 1 saturated carbocycles. The molecule has 0 atom stereocenters. The van der Waals surface area contributed by atoms with Gasteiger partial charge in [-0.05, 0) is 61.4 Å². The lowest BCUT2D eigenvalue weighted by Gasteiger charge is -2.38. The zero-order valence-electron chi connectivity index (χ0n) is 12.3. The molecule has 2 rings (SSSR count). The van der Waals surface area contributed by atoms with Crippen molar-refractivity contribution in [1.82, 2.24) is 5.32 Å². The van der Waals surface area contributed by atoms with Crippen LogP contribution in [-0.4, -0.2) is 13.1 Å². The van der Waals surface area contributed by atoms with Crippen LogP contribution in [0.4, 0.5) is 4.39 Å². The summed E-state index contributed by atoms with van der Waals surface area (Å²) in [6.45, 7) is 6.34. The molecule has 0 radical (unpaired) electrons. The molecule has 0 unspecified atom stereocenters. The first kappa shape index (κ1) is 14.5. The summed E-state index contributed by atoms with van der Waals surface area (Å²) in [5, 5.41) is 3.52. The highest BCUT2D eigenvalue weighted by atomic mass is 19.1. The van der Waals surface area contributed by atoms with E-state index in [2.05, 4.69) is 19.2 Å². The smallest absolute Gasteiger partial charge is 0.123 e. The van der Waals surface area contributed by atoms with Gasteiger partial charge in [-0.25, -0.2) is 4.39 Å². The van der Waals surface area contributed by atoms with E-state index >= 15 is 0 Å². The van der Waals surface area contributed by atoms with Crippen LogP contribution in [0.15, 0.2) is 18.2 Å². The van der Waals surface area contributed by atoms with Crippen molar-refractivity contribution in [3.63, 3.8) is 0 Å². The Kier molecular flexibility index (Phi) is 4.98. The quantitative estimate of drug-likeness (QED) is 0.838. The summed E-state index contributed by atoms with van der Waals surface area (Å²) in [6.07, 6.45) is 7.56. The molecule has 1 aliphatic rings. The fourth-order valence-electron chi connectivity index (χ4n) is 3.34. The van der Waals surface area contributed by atoms with Crippen molar-refractivity contribution in [3.8, 4) is 0 Å².